The lowest BCUT2D eigenvalue weighted by Gasteiger charge is -2.18. The maximum absolute atomic E-state index is 13.8. The predicted molar refractivity (Wildman–Crippen MR) is 79.0 cm³/mol. The van der Waals surface area contributed by atoms with Crippen molar-refractivity contribution in [1.29, 1.82) is 0 Å². The van der Waals surface area contributed by atoms with Gasteiger partial charge in [-0.2, -0.15) is 0 Å². The quantitative estimate of drug-likeness (QED) is 0.898. The van der Waals surface area contributed by atoms with Gasteiger partial charge >= 0.3 is 0 Å². The van der Waals surface area contributed by atoms with E-state index in [0.717, 1.165) is 5.56 Å². The van der Waals surface area contributed by atoms with Crippen LogP contribution in [0.5, 0.6) is 0 Å². The molecule has 2 rings (SSSR count). The molecule has 1 unspecified atom stereocenters. The van der Waals surface area contributed by atoms with Crippen LogP contribution in [0, 0.1) is 12.7 Å². The van der Waals surface area contributed by atoms with Crippen molar-refractivity contribution >= 4 is 11.6 Å². The molecule has 0 spiro atoms. The van der Waals surface area contributed by atoms with Gasteiger partial charge in [-0.25, -0.2) is 14.4 Å². The van der Waals surface area contributed by atoms with Gasteiger partial charge in [-0.3, -0.25) is 0 Å². The molecule has 1 aromatic carbocycles. The van der Waals surface area contributed by atoms with Gasteiger partial charge in [0.15, 0.2) is 0 Å². The molecule has 0 bridgehead atoms. The summed E-state index contributed by atoms with van der Waals surface area (Å²) < 4.78 is 13.8. The fourth-order valence-electron chi connectivity index (χ4n) is 1.99. The zero-order valence-electron chi connectivity index (χ0n) is 11.9. The summed E-state index contributed by atoms with van der Waals surface area (Å²) in [6, 6.07) is 6.50. The summed E-state index contributed by atoms with van der Waals surface area (Å²) in [6.07, 6.45) is 0.702. The SMILES string of the molecule is CCc1nc(N)c(C)c(NC(C)c2ccccc2F)n1. The largest absolute Gasteiger partial charge is 0.383 e. The summed E-state index contributed by atoms with van der Waals surface area (Å²) in [5.41, 5.74) is 7.26. The Morgan fingerprint density at radius 2 is 2.00 bits per heavy atom. The topological polar surface area (TPSA) is 63.8 Å². The van der Waals surface area contributed by atoms with Gasteiger partial charge in [-0.15, -0.1) is 0 Å². The Balaban J connectivity index is 2.30. The Morgan fingerprint density at radius 1 is 1.30 bits per heavy atom. The fourth-order valence-corrected chi connectivity index (χ4v) is 1.99. The highest BCUT2D eigenvalue weighted by molar-refractivity contribution is 5.55. The second kappa shape index (κ2) is 5.86. The van der Waals surface area contributed by atoms with E-state index < -0.39 is 0 Å². The van der Waals surface area contributed by atoms with E-state index in [1.807, 2.05) is 26.8 Å². The summed E-state index contributed by atoms with van der Waals surface area (Å²) in [5.74, 6) is 1.56. The molecule has 1 atom stereocenters. The molecule has 0 radical (unpaired) electrons. The van der Waals surface area contributed by atoms with Crippen molar-refractivity contribution in [2.75, 3.05) is 11.1 Å². The van der Waals surface area contributed by atoms with Crippen LogP contribution in [-0.2, 0) is 6.42 Å². The highest BCUT2D eigenvalue weighted by atomic mass is 19.1. The van der Waals surface area contributed by atoms with E-state index in [-0.39, 0.29) is 11.9 Å². The van der Waals surface area contributed by atoms with Crippen LogP contribution in [0.25, 0.3) is 0 Å². The van der Waals surface area contributed by atoms with Crippen molar-refractivity contribution < 1.29 is 4.39 Å². The minimum atomic E-state index is -0.233. The van der Waals surface area contributed by atoms with E-state index in [0.29, 0.717) is 29.4 Å². The molecule has 0 fully saturated rings. The number of nitrogen functional groups attached to an aromatic ring is 1. The van der Waals surface area contributed by atoms with Gasteiger partial charge < -0.3 is 11.1 Å². The Morgan fingerprint density at radius 3 is 2.65 bits per heavy atom. The number of nitrogens with zero attached hydrogens (tertiary/aromatic N) is 2. The first kappa shape index (κ1) is 14.2. The summed E-state index contributed by atoms with van der Waals surface area (Å²) >= 11 is 0. The Hall–Kier alpha value is -2.17. The zero-order chi connectivity index (χ0) is 14.7. The molecule has 106 valence electrons. The van der Waals surface area contributed by atoms with E-state index in [4.69, 9.17) is 5.73 Å². The van der Waals surface area contributed by atoms with Crippen molar-refractivity contribution in [2.24, 2.45) is 0 Å². The fraction of sp³-hybridized carbons (Fsp3) is 0.333. The number of rotatable bonds is 4. The molecule has 20 heavy (non-hydrogen) atoms. The van der Waals surface area contributed by atoms with Crippen molar-refractivity contribution in [2.45, 2.75) is 33.2 Å². The third kappa shape index (κ3) is 2.87. The van der Waals surface area contributed by atoms with Gasteiger partial charge in [0.25, 0.3) is 0 Å². The van der Waals surface area contributed by atoms with Crippen LogP contribution in [0.2, 0.25) is 0 Å². The summed E-state index contributed by atoms with van der Waals surface area (Å²) in [5, 5.41) is 3.21. The molecule has 4 nitrogen and oxygen atoms in total. The molecule has 0 saturated heterocycles. The number of aromatic nitrogens is 2. The third-order valence-electron chi connectivity index (χ3n) is 3.27. The minimum absolute atomic E-state index is 0.200. The molecule has 0 amide bonds. The lowest BCUT2D eigenvalue weighted by Crippen LogP contribution is -2.13. The number of hydrogen-bond donors (Lipinski definition) is 2. The highest BCUT2D eigenvalue weighted by Gasteiger charge is 2.14. The van der Waals surface area contributed by atoms with Crippen molar-refractivity contribution in [1.82, 2.24) is 9.97 Å². The third-order valence-corrected chi connectivity index (χ3v) is 3.27. The summed E-state index contributed by atoms with van der Waals surface area (Å²) in [7, 11) is 0. The van der Waals surface area contributed by atoms with E-state index in [1.165, 1.54) is 6.07 Å². The molecule has 1 aromatic heterocycles. The first-order valence-corrected chi connectivity index (χ1v) is 6.66. The highest BCUT2D eigenvalue weighted by Crippen LogP contribution is 2.24. The average molecular weight is 274 g/mol. The normalized spacial score (nSPS) is 12.2. The summed E-state index contributed by atoms with van der Waals surface area (Å²) in [4.78, 5) is 8.62. The first-order valence-electron chi connectivity index (χ1n) is 6.66. The van der Waals surface area contributed by atoms with Crippen LogP contribution >= 0.6 is 0 Å². The molecule has 0 aliphatic heterocycles. The maximum atomic E-state index is 13.8. The zero-order valence-corrected chi connectivity index (χ0v) is 11.9. The molecule has 1 heterocycles. The van der Waals surface area contributed by atoms with E-state index >= 15 is 0 Å². The number of aryl methyl sites for hydroxylation is 1. The standard InChI is InChI=1S/C15H19FN4/c1-4-13-19-14(17)9(2)15(20-13)18-10(3)11-7-5-6-8-12(11)16/h5-8,10H,4H2,1-3H3,(H3,17,18,19,20). The maximum Gasteiger partial charge on any atom is 0.135 e. The van der Waals surface area contributed by atoms with E-state index in [1.54, 1.807) is 12.1 Å². The Kier molecular flexibility index (Phi) is 4.17. The van der Waals surface area contributed by atoms with Crippen LogP contribution in [0.1, 0.15) is 36.8 Å². The van der Waals surface area contributed by atoms with Gasteiger partial charge in [0, 0.05) is 17.5 Å². The summed E-state index contributed by atoms with van der Waals surface area (Å²) in [6.45, 7) is 5.71. The lowest BCUT2D eigenvalue weighted by atomic mass is 10.1. The second-order valence-electron chi connectivity index (χ2n) is 4.74. The van der Waals surface area contributed by atoms with E-state index in [9.17, 15) is 4.39 Å². The number of nitrogens with one attached hydrogen (secondary N) is 1. The second-order valence-corrected chi connectivity index (χ2v) is 4.74. The number of benzene rings is 1. The van der Waals surface area contributed by atoms with Gasteiger partial charge in [0.05, 0.1) is 6.04 Å². The molecular weight excluding hydrogens is 255 g/mol. The smallest absolute Gasteiger partial charge is 0.135 e. The number of nitrogens with two attached hydrogens (primary N) is 1. The number of halogens is 1. The number of hydrogen-bond acceptors (Lipinski definition) is 4. The van der Waals surface area contributed by atoms with Gasteiger partial charge in [0.2, 0.25) is 0 Å². The van der Waals surface area contributed by atoms with Gasteiger partial charge in [-0.1, -0.05) is 25.1 Å². The van der Waals surface area contributed by atoms with Crippen molar-refractivity contribution in [3.8, 4) is 0 Å². The van der Waals surface area contributed by atoms with Gasteiger partial charge in [-0.05, 0) is 19.9 Å². The number of anilines is 2. The van der Waals surface area contributed by atoms with Crippen LogP contribution in [0.4, 0.5) is 16.0 Å². The Labute approximate surface area is 118 Å². The van der Waals surface area contributed by atoms with E-state index in [2.05, 4.69) is 15.3 Å². The van der Waals surface area contributed by atoms with Gasteiger partial charge in [0.1, 0.15) is 23.3 Å². The molecule has 0 saturated carbocycles. The molecule has 0 aliphatic carbocycles. The predicted octanol–water partition coefficient (Wildman–Crippen LogP) is 3.24. The molecule has 3 N–H and O–H groups in total. The average Bonchev–Trinajstić information content (AvgIpc) is 2.43. The van der Waals surface area contributed by atoms with Crippen molar-refractivity contribution in [3.63, 3.8) is 0 Å². The first-order chi connectivity index (χ1) is 9.52. The van der Waals surface area contributed by atoms with Crippen LogP contribution in [0.3, 0.4) is 0 Å². The molecular formula is C15H19FN4. The van der Waals surface area contributed by atoms with Crippen molar-refractivity contribution in [3.05, 3.63) is 47.0 Å². The minimum Gasteiger partial charge on any atom is -0.383 e. The Bertz CT molecular complexity index is 613. The molecule has 2 aromatic rings. The van der Waals surface area contributed by atoms with Crippen LogP contribution in [-0.4, -0.2) is 9.97 Å². The lowest BCUT2D eigenvalue weighted by molar-refractivity contribution is 0.600. The van der Waals surface area contributed by atoms with Crippen LogP contribution in [0.15, 0.2) is 24.3 Å². The van der Waals surface area contributed by atoms with Crippen LogP contribution < -0.4 is 11.1 Å². The molecule has 0 aliphatic rings. The monoisotopic (exact) mass is 274 g/mol. The molecule has 5 heteroatoms.